The van der Waals surface area contributed by atoms with Crippen LogP contribution in [0.5, 0.6) is 0 Å². The molecule has 1 unspecified atom stereocenters. The molecule has 0 radical (unpaired) electrons. The molecule has 1 amide bonds. The molecule has 0 aromatic carbocycles. The number of hydrogen-bond donors (Lipinski definition) is 1. The smallest absolute Gasteiger partial charge is 0.237 e. The molecule has 7 heteroatoms. The maximum absolute atomic E-state index is 11.8. The number of ether oxygens (including phenoxy) is 1. The van der Waals surface area contributed by atoms with Crippen LogP contribution >= 0.6 is 0 Å². The van der Waals surface area contributed by atoms with Gasteiger partial charge in [0.2, 0.25) is 5.91 Å². The van der Waals surface area contributed by atoms with Crippen molar-refractivity contribution >= 4 is 15.7 Å². The minimum atomic E-state index is -3.38. The Morgan fingerprint density at radius 1 is 1.41 bits per heavy atom. The highest BCUT2D eigenvalue weighted by atomic mass is 32.2. The lowest BCUT2D eigenvalue weighted by molar-refractivity contribution is -0.132. The van der Waals surface area contributed by atoms with Crippen LogP contribution in [0.25, 0.3) is 0 Å². The van der Waals surface area contributed by atoms with Gasteiger partial charge < -0.3 is 15.4 Å². The molecule has 1 aliphatic rings. The Labute approximate surface area is 102 Å². The summed E-state index contributed by atoms with van der Waals surface area (Å²) in [7, 11) is -3.38. The number of nitrogens with two attached hydrogens (primary N) is 1. The second kappa shape index (κ2) is 6.32. The van der Waals surface area contributed by atoms with E-state index in [-0.39, 0.29) is 5.91 Å². The normalized spacial score (nSPS) is 19.1. The van der Waals surface area contributed by atoms with Gasteiger partial charge in [0.15, 0.2) is 9.84 Å². The molecular formula is C10H20N2O4S. The Morgan fingerprint density at radius 3 is 2.53 bits per heavy atom. The summed E-state index contributed by atoms with van der Waals surface area (Å²) in [4.78, 5) is 13.3. The number of amides is 1. The van der Waals surface area contributed by atoms with Crippen molar-refractivity contribution in [3.8, 4) is 0 Å². The molecule has 0 aliphatic carbocycles. The van der Waals surface area contributed by atoms with Crippen molar-refractivity contribution in [1.82, 2.24) is 4.90 Å². The van der Waals surface area contributed by atoms with Gasteiger partial charge in [-0.15, -0.1) is 0 Å². The highest BCUT2D eigenvalue weighted by Crippen LogP contribution is 2.08. The molecule has 100 valence electrons. The lowest BCUT2D eigenvalue weighted by Gasteiger charge is -2.27. The van der Waals surface area contributed by atoms with Crippen molar-refractivity contribution in [1.29, 1.82) is 0 Å². The van der Waals surface area contributed by atoms with Gasteiger partial charge in [-0.25, -0.2) is 8.42 Å². The van der Waals surface area contributed by atoms with Crippen LogP contribution in [0.2, 0.25) is 0 Å². The van der Waals surface area contributed by atoms with Crippen molar-refractivity contribution in [3.05, 3.63) is 0 Å². The summed E-state index contributed by atoms with van der Waals surface area (Å²) in [5, 5.41) is -0.558. The topological polar surface area (TPSA) is 89.7 Å². The van der Waals surface area contributed by atoms with E-state index < -0.39 is 20.8 Å². The van der Waals surface area contributed by atoms with Gasteiger partial charge in [0, 0.05) is 13.1 Å². The van der Waals surface area contributed by atoms with Crippen molar-refractivity contribution in [2.45, 2.75) is 18.6 Å². The molecule has 1 atom stereocenters. The lowest BCUT2D eigenvalue weighted by atomic mass is 10.3. The molecule has 0 saturated carbocycles. The monoisotopic (exact) mass is 264 g/mol. The molecule has 1 aliphatic heterocycles. The third-order valence-corrected chi connectivity index (χ3v) is 4.99. The summed E-state index contributed by atoms with van der Waals surface area (Å²) in [5.41, 5.74) is 5.32. The van der Waals surface area contributed by atoms with Gasteiger partial charge in [-0.2, -0.15) is 0 Å². The summed E-state index contributed by atoms with van der Waals surface area (Å²) < 4.78 is 28.8. The van der Waals surface area contributed by atoms with E-state index in [0.29, 0.717) is 39.3 Å². The largest absolute Gasteiger partial charge is 0.378 e. The SMILES string of the molecule is CC(CCN)S(=O)(=O)CC(=O)N1CCOCC1. The Bertz CT molecular complexity index is 349. The van der Waals surface area contributed by atoms with Crippen LogP contribution in [0, 0.1) is 0 Å². The minimum absolute atomic E-state index is 0.312. The fourth-order valence-corrected chi connectivity index (χ4v) is 2.94. The predicted molar refractivity (Wildman–Crippen MR) is 64.3 cm³/mol. The van der Waals surface area contributed by atoms with E-state index in [1.54, 1.807) is 6.92 Å². The highest BCUT2D eigenvalue weighted by Gasteiger charge is 2.27. The van der Waals surface area contributed by atoms with Crippen LogP contribution in [0.15, 0.2) is 0 Å². The van der Waals surface area contributed by atoms with E-state index in [4.69, 9.17) is 10.5 Å². The van der Waals surface area contributed by atoms with Gasteiger partial charge in [-0.1, -0.05) is 0 Å². The molecule has 17 heavy (non-hydrogen) atoms. The zero-order valence-electron chi connectivity index (χ0n) is 10.1. The van der Waals surface area contributed by atoms with Crippen LogP contribution in [-0.4, -0.2) is 63.1 Å². The summed E-state index contributed by atoms with van der Waals surface area (Å²) in [6.07, 6.45) is 0.388. The van der Waals surface area contributed by atoms with Crippen molar-refractivity contribution < 1.29 is 17.9 Å². The molecule has 1 fully saturated rings. The van der Waals surface area contributed by atoms with Gasteiger partial charge in [-0.3, -0.25) is 4.79 Å². The quantitative estimate of drug-likeness (QED) is 0.687. The zero-order valence-corrected chi connectivity index (χ0v) is 10.9. The van der Waals surface area contributed by atoms with E-state index in [0.717, 1.165) is 0 Å². The minimum Gasteiger partial charge on any atom is -0.378 e. The standard InChI is InChI=1S/C10H20N2O4S/c1-9(2-3-11)17(14,15)8-10(13)12-4-6-16-7-5-12/h9H,2-8,11H2,1H3. The third-order valence-electron chi connectivity index (χ3n) is 2.87. The number of carbonyl (C=O) groups is 1. The van der Waals surface area contributed by atoms with Crippen molar-refractivity contribution in [2.75, 3.05) is 38.6 Å². The Kier molecular flexibility index (Phi) is 5.35. The predicted octanol–water partition coefficient (Wildman–Crippen LogP) is -1.00. The highest BCUT2D eigenvalue weighted by molar-refractivity contribution is 7.92. The lowest BCUT2D eigenvalue weighted by Crippen LogP contribution is -2.44. The van der Waals surface area contributed by atoms with E-state index in [2.05, 4.69) is 0 Å². The molecule has 0 aromatic heterocycles. The van der Waals surface area contributed by atoms with Crippen LogP contribution in [0.3, 0.4) is 0 Å². The van der Waals surface area contributed by atoms with Gasteiger partial charge in [0.1, 0.15) is 5.75 Å². The van der Waals surface area contributed by atoms with Crippen LogP contribution in [0.4, 0.5) is 0 Å². The zero-order chi connectivity index (χ0) is 12.9. The fraction of sp³-hybridized carbons (Fsp3) is 0.900. The number of sulfone groups is 1. The number of morpholine rings is 1. The summed E-state index contributed by atoms with van der Waals surface area (Å²) in [5.74, 6) is -0.758. The molecule has 2 N–H and O–H groups in total. The summed E-state index contributed by atoms with van der Waals surface area (Å²) in [6.45, 7) is 3.80. The van der Waals surface area contributed by atoms with Crippen LogP contribution in [0.1, 0.15) is 13.3 Å². The first-order valence-electron chi connectivity index (χ1n) is 5.74. The van der Waals surface area contributed by atoms with Gasteiger partial charge in [0.05, 0.1) is 18.5 Å². The molecule has 1 rings (SSSR count). The molecule has 6 nitrogen and oxygen atoms in total. The Balaban J connectivity index is 2.54. The van der Waals surface area contributed by atoms with E-state index in [9.17, 15) is 13.2 Å². The molecule has 1 heterocycles. The van der Waals surface area contributed by atoms with Gasteiger partial charge >= 0.3 is 0 Å². The summed E-state index contributed by atoms with van der Waals surface area (Å²) >= 11 is 0. The second-order valence-corrected chi connectivity index (χ2v) is 6.61. The Morgan fingerprint density at radius 2 is 2.00 bits per heavy atom. The maximum Gasteiger partial charge on any atom is 0.237 e. The number of carbonyl (C=O) groups excluding carboxylic acids is 1. The second-order valence-electron chi connectivity index (χ2n) is 4.19. The number of rotatable bonds is 5. The molecule has 0 bridgehead atoms. The third kappa shape index (κ3) is 4.25. The van der Waals surface area contributed by atoms with Crippen molar-refractivity contribution in [2.24, 2.45) is 5.73 Å². The van der Waals surface area contributed by atoms with Crippen LogP contribution < -0.4 is 5.73 Å². The van der Waals surface area contributed by atoms with Crippen molar-refractivity contribution in [3.63, 3.8) is 0 Å². The molecule has 0 aromatic rings. The average molecular weight is 264 g/mol. The maximum atomic E-state index is 11.8. The molecule has 0 spiro atoms. The van der Waals surface area contributed by atoms with E-state index in [1.807, 2.05) is 0 Å². The summed E-state index contributed by atoms with van der Waals surface area (Å²) in [6, 6.07) is 0. The molecule has 1 saturated heterocycles. The Hall–Kier alpha value is -0.660. The first-order chi connectivity index (χ1) is 7.97. The number of nitrogens with zero attached hydrogens (tertiary/aromatic N) is 1. The van der Waals surface area contributed by atoms with Gasteiger partial charge in [0.25, 0.3) is 0 Å². The van der Waals surface area contributed by atoms with Crippen LogP contribution in [-0.2, 0) is 19.4 Å². The first kappa shape index (κ1) is 14.4. The molecular weight excluding hydrogens is 244 g/mol. The van der Waals surface area contributed by atoms with E-state index in [1.165, 1.54) is 4.90 Å². The fourth-order valence-electron chi connectivity index (χ4n) is 1.63. The van der Waals surface area contributed by atoms with Gasteiger partial charge in [-0.05, 0) is 19.9 Å². The average Bonchev–Trinajstić information content (AvgIpc) is 2.30. The van der Waals surface area contributed by atoms with E-state index >= 15 is 0 Å². The number of hydrogen-bond acceptors (Lipinski definition) is 5. The first-order valence-corrected chi connectivity index (χ1v) is 7.46.